The Balaban J connectivity index is 2.36. The van der Waals surface area contributed by atoms with Gasteiger partial charge in [-0.15, -0.1) is 0 Å². The van der Waals surface area contributed by atoms with Gasteiger partial charge in [-0.1, -0.05) is 13.8 Å². The summed E-state index contributed by atoms with van der Waals surface area (Å²) in [6, 6.07) is 0. The lowest BCUT2D eigenvalue weighted by Gasteiger charge is -2.18. The predicted molar refractivity (Wildman–Crippen MR) is 58.0 cm³/mol. The Morgan fingerprint density at radius 2 is 2.21 bits per heavy atom. The number of likely N-dealkylation sites (N-methyl/N-ethyl adjacent to an activating group) is 1. The summed E-state index contributed by atoms with van der Waals surface area (Å²) in [5.74, 6) is 1.79. The molecule has 14 heavy (non-hydrogen) atoms. The second kappa shape index (κ2) is 3.77. The molecule has 2 heterocycles. The van der Waals surface area contributed by atoms with Crippen LogP contribution in [0.1, 0.15) is 20.3 Å². The molecule has 0 unspecified atom stereocenters. The van der Waals surface area contributed by atoms with Gasteiger partial charge in [0.2, 0.25) is 0 Å². The van der Waals surface area contributed by atoms with Gasteiger partial charge in [-0.05, 0) is 30.2 Å². The Morgan fingerprint density at radius 1 is 1.43 bits per heavy atom. The van der Waals surface area contributed by atoms with Crippen LogP contribution >= 0.6 is 0 Å². The van der Waals surface area contributed by atoms with Crippen molar-refractivity contribution in [2.24, 2.45) is 5.92 Å². The molecule has 0 atom stereocenters. The summed E-state index contributed by atoms with van der Waals surface area (Å²) >= 11 is 0. The van der Waals surface area contributed by atoms with Crippen molar-refractivity contribution in [2.45, 2.75) is 20.3 Å². The van der Waals surface area contributed by atoms with Crippen molar-refractivity contribution >= 4 is 0 Å². The molecule has 0 bridgehead atoms. The maximum Gasteiger partial charge on any atom is 0.119 e. The smallest absolute Gasteiger partial charge is 0.119 e. The molecule has 1 saturated heterocycles. The van der Waals surface area contributed by atoms with Crippen LogP contribution in [0.15, 0.2) is 23.0 Å². The molecular formula is C12H19NO. The third-order valence-corrected chi connectivity index (χ3v) is 3.02. The van der Waals surface area contributed by atoms with E-state index in [1.807, 2.05) is 0 Å². The monoisotopic (exact) mass is 193 g/mol. The first-order chi connectivity index (χ1) is 6.68. The maximum absolute atomic E-state index is 5.64. The normalized spacial score (nSPS) is 23.3. The van der Waals surface area contributed by atoms with Crippen LogP contribution < -0.4 is 0 Å². The highest BCUT2D eigenvalue weighted by Crippen LogP contribution is 2.32. The van der Waals surface area contributed by atoms with E-state index in [1.54, 1.807) is 5.57 Å². The van der Waals surface area contributed by atoms with Crippen LogP contribution in [0.3, 0.4) is 0 Å². The molecule has 2 rings (SSSR count). The Bertz CT molecular complexity index is 289. The van der Waals surface area contributed by atoms with Crippen LogP contribution in [-0.2, 0) is 4.74 Å². The Kier molecular flexibility index (Phi) is 2.64. The molecule has 0 aromatic rings. The van der Waals surface area contributed by atoms with Crippen LogP contribution in [0, 0.1) is 5.92 Å². The number of ether oxygens (including phenoxy) is 1. The van der Waals surface area contributed by atoms with Crippen molar-refractivity contribution in [1.29, 1.82) is 0 Å². The predicted octanol–water partition coefficient (Wildman–Crippen LogP) is 2.19. The Labute approximate surface area is 86.2 Å². The summed E-state index contributed by atoms with van der Waals surface area (Å²) in [5, 5.41) is 0. The number of rotatable bonds is 1. The minimum atomic E-state index is 0.635. The zero-order chi connectivity index (χ0) is 10.1. The summed E-state index contributed by atoms with van der Waals surface area (Å²) < 4.78 is 5.64. The van der Waals surface area contributed by atoms with Crippen LogP contribution in [-0.4, -0.2) is 31.6 Å². The molecule has 2 nitrogen and oxygen atoms in total. The van der Waals surface area contributed by atoms with E-state index in [-0.39, 0.29) is 0 Å². The molecule has 2 aliphatic rings. The highest BCUT2D eigenvalue weighted by atomic mass is 16.5. The SMILES string of the molecule is CC(C)C1=C2CCOC2=CCN(C)C1. The number of hydrogen-bond acceptors (Lipinski definition) is 2. The molecule has 0 amide bonds. The fourth-order valence-electron chi connectivity index (χ4n) is 2.19. The van der Waals surface area contributed by atoms with Gasteiger partial charge in [0.05, 0.1) is 6.61 Å². The Hall–Kier alpha value is -0.760. The van der Waals surface area contributed by atoms with E-state index in [0.29, 0.717) is 5.92 Å². The average molecular weight is 193 g/mol. The minimum Gasteiger partial charge on any atom is -0.493 e. The molecule has 0 spiro atoms. The molecule has 2 heteroatoms. The van der Waals surface area contributed by atoms with Gasteiger partial charge in [0.25, 0.3) is 0 Å². The second-order valence-corrected chi connectivity index (χ2v) is 4.52. The lowest BCUT2D eigenvalue weighted by atomic mass is 9.95. The van der Waals surface area contributed by atoms with Crippen molar-refractivity contribution in [3.8, 4) is 0 Å². The van der Waals surface area contributed by atoms with Crippen LogP contribution in [0.4, 0.5) is 0 Å². The van der Waals surface area contributed by atoms with Gasteiger partial charge in [-0.3, -0.25) is 4.90 Å². The van der Waals surface area contributed by atoms with E-state index in [1.165, 1.54) is 5.57 Å². The van der Waals surface area contributed by atoms with E-state index in [9.17, 15) is 0 Å². The first-order valence-corrected chi connectivity index (χ1v) is 5.42. The molecule has 0 N–H and O–H groups in total. The van der Waals surface area contributed by atoms with Crippen molar-refractivity contribution in [1.82, 2.24) is 4.90 Å². The van der Waals surface area contributed by atoms with E-state index in [4.69, 9.17) is 4.74 Å². The summed E-state index contributed by atoms with van der Waals surface area (Å²) in [7, 11) is 2.17. The van der Waals surface area contributed by atoms with Gasteiger partial charge >= 0.3 is 0 Å². The fourth-order valence-corrected chi connectivity index (χ4v) is 2.19. The van der Waals surface area contributed by atoms with E-state index < -0.39 is 0 Å². The zero-order valence-corrected chi connectivity index (χ0v) is 9.34. The topological polar surface area (TPSA) is 12.5 Å². The van der Waals surface area contributed by atoms with Crippen LogP contribution in [0.25, 0.3) is 0 Å². The maximum atomic E-state index is 5.64. The van der Waals surface area contributed by atoms with Crippen molar-refractivity contribution in [3.63, 3.8) is 0 Å². The number of hydrogen-bond donors (Lipinski definition) is 0. The first kappa shape index (κ1) is 9.78. The largest absolute Gasteiger partial charge is 0.493 e. The van der Waals surface area contributed by atoms with Crippen molar-refractivity contribution < 1.29 is 4.74 Å². The quantitative estimate of drug-likeness (QED) is 0.633. The molecule has 0 aromatic carbocycles. The number of fused-ring (bicyclic) bond motifs is 1. The lowest BCUT2D eigenvalue weighted by molar-refractivity contribution is 0.263. The molecule has 2 aliphatic heterocycles. The molecule has 0 aromatic heterocycles. The van der Waals surface area contributed by atoms with Gasteiger partial charge < -0.3 is 4.74 Å². The number of nitrogens with zero attached hydrogens (tertiary/aromatic N) is 1. The van der Waals surface area contributed by atoms with Crippen molar-refractivity contribution in [2.75, 3.05) is 26.7 Å². The third kappa shape index (κ3) is 1.71. The summed E-state index contributed by atoms with van der Waals surface area (Å²) in [4.78, 5) is 2.34. The minimum absolute atomic E-state index is 0.635. The molecular weight excluding hydrogens is 174 g/mol. The second-order valence-electron chi connectivity index (χ2n) is 4.52. The molecule has 0 saturated carbocycles. The Morgan fingerprint density at radius 3 is 2.93 bits per heavy atom. The summed E-state index contributed by atoms with van der Waals surface area (Å²) in [5.41, 5.74) is 3.04. The summed E-state index contributed by atoms with van der Waals surface area (Å²) in [6.45, 7) is 7.53. The van der Waals surface area contributed by atoms with E-state index >= 15 is 0 Å². The molecule has 0 radical (unpaired) electrons. The van der Waals surface area contributed by atoms with Crippen LogP contribution in [0.5, 0.6) is 0 Å². The van der Waals surface area contributed by atoms with Gasteiger partial charge in [-0.2, -0.15) is 0 Å². The highest BCUT2D eigenvalue weighted by molar-refractivity contribution is 5.37. The van der Waals surface area contributed by atoms with Gasteiger partial charge in [-0.25, -0.2) is 0 Å². The van der Waals surface area contributed by atoms with Gasteiger partial charge in [0.15, 0.2) is 0 Å². The first-order valence-electron chi connectivity index (χ1n) is 5.42. The highest BCUT2D eigenvalue weighted by Gasteiger charge is 2.23. The third-order valence-electron chi connectivity index (χ3n) is 3.02. The van der Waals surface area contributed by atoms with Crippen molar-refractivity contribution in [3.05, 3.63) is 23.0 Å². The standard InChI is InChI=1S/C12H19NO/c1-9(2)11-8-13(3)6-4-12-10(11)5-7-14-12/h4,9H,5-8H2,1-3H3. The van der Waals surface area contributed by atoms with Gasteiger partial charge in [0.1, 0.15) is 5.76 Å². The average Bonchev–Trinajstić information content (AvgIpc) is 2.52. The molecule has 78 valence electrons. The van der Waals surface area contributed by atoms with E-state index in [2.05, 4.69) is 31.9 Å². The fraction of sp³-hybridized carbons (Fsp3) is 0.667. The van der Waals surface area contributed by atoms with Gasteiger partial charge in [0, 0.05) is 19.5 Å². The summed E-state index contributed by atoms with van der Waals surface area (Å²) in [6.07, 6.45) is 3.32. The molecule has 0 aliphatic carbocycles. The number of allylic oxidation sites excluding steroid dienone is 1. The van der Waals surface area contributed by atoms with E-state index in [0.717, 1.165) is 31.9 Å². The lowest BCUT2D eigenvalue weighted by Crippen LogP contribution is -2.22. The molecule has 1 fully saturated rings. The zero-order valence-electron chi connectivity index (χ0n) is 9.34. The van der Waals surface area contributed by atoms with Crippen LogP contribution in [0.2, 0.25) is 0 Å².